The van der Waals surface area contributed by atoms with Crippen molar-refractivity contribution in [2.75, 3.05) is 20.6 Å². The second-order valence-corrected chi connectivity index (χ2v) is 4.15. The molecule has 0 radical (unpaired) electrons. The third kappa shape index (κ3) is 7.73. The second-order valence-electron chi connectivity index (χ2n) is 2.83. The van der Waals surface area contributed by atoms with Crippen LogP contribution >= 0.6 is 0 Å². The number of nitrogens with one attached hydrogen (secondary N) is 1. The van der Waals surface area contributed by atoms with Crippen LogP contribution in [-0.4, -0.2) is 40.0 Å². The summed E-state index contributed by atoms with van der Waals surface area (Å²) in [7, 11) is 0.179. The van der Waals surface area contributed by atoms with E-state index in [1.165, 1.54) is 0 Å². The van der Waals surface area contributed by atoms with Crippen LogP contribution in [0.2, 0.25) is 0 Å². The molecule has 68 valence electrons. The molecule has 0 aliphatic heterocycles. The maximum Gasteiger partial charge on any atom is 0.274 e. The number of nitrogens with zero attached hydrogens (tertiary/aromatic N) is 1. The molecule has 3 N–H and O–H groups in total. The van der Waals surface area contributed by atoms with Crippen molar-refractivity contribution in [1.29, 1.82) is 0 Å². The van der Waals surface area contributed by atoms with Crippen molar-refractivity contribution in [3.63, 3.8) is 0 Å². The highest BCUT2D eigenvalue weighted by Crippen LogP contribution is 1.85. The standard InChI is InChI=1S/C5H15N3O2S/c1-5(4-8(2)3)7-11(6,9)10/h5,7H,4H2,1-3H3,(H2,6,9,10). The number of rotatable bonds is 4. The van der Waals surface area contributed by atoms with E-state index in [1.54, 1.807) is 6.92 Å². The zero-order valence-corrected chi connectivity index (χ0v) is 7.85. The van der Waals surface area contributed by atoms with Gasteiger partial charge < -0.3 is 4.90 Å². The van der Waals surface area contributed by atoms with Crippen LogP contribution in [0, 0.1) is 0 Å². The van der Waals surface area contributed by atoms with Gasteiger partial charge in [-0.15, -0.1) is 0 Å². The molecule has 0 bridgehead atoms. The van der Waals surface area contributed by atoms with E-state index in [9.17, 15) is 8.42 Å². The quantitative estimate of drug-likeness (QED) is 0.568. The molecule has 0 aromatic carbocycles. The van der Waals surface area contributed by atoms with Crippen LogP contribution in [0.4, 0.5) is 0 Å². The van der Waals surface area contributed by atoms with Crippen molar-refractivity contribution < 1.29 is 8.42 Å². The number of hydrogen-bond donors (Lipinski definition) is 2. The van der Waals surface area contributed by atoms with Crippen LogP contribution in [0.15, 0.2) is 0 Å². The van der Waals surface area contributed by atoms with Crippen LogP contribution in [-0.2, 0) is 10.2 Å². The highest BCUT2D eigenvalue weighted by molar-refractivity contribution is 7.87. The minimum Gasteiger partial charge on any atom is -0.308 e. The van der Waals surface area contributed by atoms with Gasteiger partial charge in [-0.05, 0) is 21.0 Å². The topological polar surface area (TPSA) is 75.4 Å². The third-order valence-corrected chi connectivity index (χ3v) is 1.74. The van der Waals surface area contributed by atoms with Gasteiger partial charge in [0.05, 0.1) is 0 Å². The maximum absolute atomic E-state index is 10.5. The summed E-state index contributed by atoms with van der Waals surface area (Å²) < 4.78 is 23.2. The molecule has 0 fully saturated rings. The summed E-state index contributed by atoms with van der Waals surface area (Å²) in [6, 6.07) is -0.153. The van der Waals surface area contributed by atoms with Crippen molar-refractivity contribution in [3.05, 3.63) is 0 Å². The fraction of sp³-hybridized carbons (Fsp3) is 1.00. The first-order valence-electron chi connectivity index (χ1n) is 3.26. The Hall–Kier alpha value is -0.170. The summed E-state index contributed by atoms with van der Waals surface area (Å²) >= 11 is 0. The van der Waals surface area contributed by atoms with Gasteiger partial charge in [0.2, 0.25) is 0 Å². The molecule has 0 amide bonds. The zero-order chi connectivity index (χ0) is 9.07. The second kappa shape index (κ2) is 4.01. The van der Waals surface area contributed by atoms with Gasteiger partial charge in [-0.2, -0.15) is 13.1 Å². The first-order chi connectivity index (χ1) is 4.81. The smallest absolute Gasteiger partial charge is 0.274 e. The summed E-state index contributed by atoms with van der Waals surface area (Å²) in [5, 5.41) is 4.75. The lowest BCUT2D eigenvalue weighted by atomic mass is 10.3. The predicted molar refractivity (Wildman–Crippen MR) is 44.3 cm³/mol. The Morgan fingerprint density at radius 3 is 2.27 bits per heavy atom. The van der Waals surface area contributed by atoms with Crippen molar-refractivity contribution in [2.45, 2.75) is 13.0 Å². The summed E-state index contributed by atoms with van der Waals surface area (Å²) in [5.74, 6) is 0. The SMILES string of the molecule is CC(CN(C)C)NS(N)(=O)=O. The molecule has 0 aromatic rings. The van der Waals surface area contributed by atoms with Crippen LogP contribution in [0.3, 0.4) is 0 Å². The number of likely N-dealkylation sites (N-methyl/N-ethyl adjacent to an activating group) is 1. The van der Waals surface area contributed by atoms with Gasteiger partial charge in [0.15, 0.2) is 0 Å². The van der Waals surface area contributed by atoms with Crippen molar-refractivity contribution in [2.24, 2.45) is 5.14 Å². The molecule has 5 nitrogen and oxygen atoms in total. The molecule has 0 aliphatic carbocycles. The molecule has 0 aliphatic rings. The molecule has 0 saturated heterocycles. The number of nitrogens with two attached hydrogens (primary N) is 1. The average Bonchev–Trinajstić information content (AvgIpc) is 1.53. The Labute approximate surface area is 67.7 Å². The molecular weight excluding hydrogens is 166 g/mol. The van der Waals surface area contributed by atoms with E-state index >= 15 is 0 Å². The largest absolute Gasteiger partial charge is 0.308 e. The van der Waals surface area contributed by atoms with E-state index in [0.717, 1.165) is 0 Å². The summed E-state index contributed by atoms with van der Waals surface area (Å²) in [6.45, 7) is 2.39. The summed E-state index contributed by atoms with van der Waals surface area (Å²) in [5.41, 5.74) is 0. The van der Waals surface area contributed by atoms with Crippen molar-refractivity contribution in [3.8, 4) is 0 Å². The minimum absolute atomic E-state index is 0.153. The predicted octanol–water partition coefficient (Wildman–Crippen LogP) is -1.27. The van der Waals surface area contributed by atoms with E-state index in [1.807, 2.05) is 19.0 Å². The lowest BCUT2D eigenvalue weighted by molar-refractivity contribution is 0.370. The lowest BCUT2D eigenvalue weighted by Crippen LogP contribution is -2.42. The Balaban J connectivity index is 3.80. The van der Waals surface area contributed by atoms with Gasteiger partial charge in [0, 0.05) is 12.6 Å². The monoisotopic (exact) mass is 181 g/mol. The van der Waals surface area contributed by atoms with Gasteiger partial charge in [0.25, 0.3) is 10.2 Å². The Morgan fingerprint density at radius 2 is 2.00 bits per heavy atom. The van der Waals surface area contributed by atoms with Gasteiger partial charge in [-0.25, -0.2) is 5.14 Å². The van der Waals surface area contributed by atoms with E-state index < -0.39 is 10.2 Å². The molecule has 6 heteroatoms. The Morgan fingerprint density at radius 1 is 1.55 bits per heavy atom. The van der Waals surface area contributed by atoms with Gasteiger partial charge in [0.1, 0.15) is 0 Å². The van der Waals surface area contributed by atoms with Gasteiger partial charge in [-0.3, -0.25) is 0 Å². The molecule has 11 heavy (non-hydrogen) atoms. The molecule has 0 aromatic heterocycles. The Kier molecular flexibility index (Phi) is 3.95. The molecular formula is C5H15N3O2S. The van der Waals surface area contributed by atoms with Crippen LogP contribution in [0.1, 0.15) is 6.92 Å². The van der Waals surface area contributed by atoms with Crippen molar-refractivity contribution in [1.82, 2.24) is 9.62 Å². The molecule has 0 heterocycles. The van der Waals surface area contributed by atoms with E-state index in [2.05, 4.69) is 4.72 Å². The van der Waals surface area contributed by atoms with Gasteiger partial charge >= 0.3 is 0 Å². The Bertz CT molecular complexity index is 200. The zero-order valence-electron chi connectivity index (χ0n) is 7.03. The molecule has 0 saturated carbocycles. The van der Waals surface area contributed by atoms with E-state index in [4.69, 9.17) is 5.14 Å². The minimum atomic E-state index is -3.55. The summed E-state index contributed by atoms with van der Waals surface area (Å²) in [4.78, 5) is 1.88. The highest BCUT2D eigenvalue weighted by Gasteiger charge is 2.08. The highest BCUT2D eigenvalue weighted by atomic mass is 32.2. The third-order valence-electron chi connectivity index (χ3n) is 1.00. The van der Waals surface area contributed by atoms with Gasteiger partial charge in [-0.1, -0.05) is 0 Å². The summed E-state index contributed by atoms with van der Waals surface area (Å²) in [6.07, 6.45) is 0. The van der Waals surface area contributed by atoms with E-state index in [-0.39, 0.29) is 6.04 Å². The fourth-order valence-electron chi connectivity index (χ4n) is 0.865. The van der Waals surface area contributed by atoms with Crippen LogP contribution < -0.4 is 9.86 Å². The number of hydrogen-bond acceptors (Lipinski definition) is 3. The first kappa shape index (κ1) is 10.8. The lowest BCUT2D eigenvalue weighted by Gasteiger charge is -2.16. The molecule has 1 atom stereocenters. The molecule has 0 rings (SSSR count). The van der Waals surface area contributed by atoms with E-state index in [0.29, 0.717) is 6.54 Å². The van der Waals surface area contributed by atoms with Crippen LogP contribution in [0.25, 0.3) is 0 Å². The fourth-order valence-corrected chi connectivity index (χ4v) is 1.50. The first-order valence-corrected chi connectivity index (χ1v) is 4.80. The van der Waals surface area contributed by atoms with Crippen LogP contribution in [0.5, 0.6) is 0 Å². The van der Waals surface area contributed by atoms with Crippen molar-refractivity contribution >= 4 is 10.2 Å². The molecule has 0 spiro atoms. The average molecular weight is 181 g/mol. The molecule has 1 unspecified atom stereocenters. The normalized spacial score (nSPS) is 15.4. The maximum atomic E-state index is 10.5.